The summed E-state index contributed by atoms with van der Waals surface area (Å²) in [4.78, 5) is 25.7. The second-order valence-corrected chi connectivity index (χ2v) is 12.2. The number of hydrogen-bond acceptors (Lipinski definition) is 3. The standard InChI is InChI=1S/C43H27N5O/c49-42-37-32-23-11-14-26-35(32)46(29-18-6-2-7-19-29)40(37)41-39(47(42)30-20-8-3-9-21-30)33-24-12-15-27-36(33)48(41)43-44-34-25-13-10-22-31(34)38(45-43)28-16-4-1-5-17-28/h1-27H. The molecule has 6 heteroatoms. The molecule has 0 bridgehead atoms. The Morgan fingerprint density at radius 2 is 0.939 bits per heavy atom. The fourth-order valence-corrected chi connectivity index (χ4v) is 7.42. The third-order valence-corrected chi connectivity index (χ3v) is 9.45. The van der Waals surface area contributed by atoms with Gasteiger partial charge in [0, 0.05) is 33.1 Å². The predicted molar refractivity (Wildman–Crippen MR) is 199 cm³/mol. The van der Waals surface area contributed by atoms with E-state index < -0.39 is 0 Å². The minimum atomic E-state index is -0.0770. The Bertz CT molecular complexity index is 2940. The highest BCUT2D eigenvalue weighted by Crippen LogP contribution is 2.41. The number of fused-ring (bicyclic) bond motifs is 8. The molecular weight excluding hydrogens is 603 g/mol. The average molecular weight is 630 g/mol. The summed E-state index contributed by atoms with van der Waals surface area (Å²) >= 11 is 0. The van der Waals surface area contributed by atoms with E-state index in [0.717, 1.165) is 71.9 Å². The quantitative estimate of drug-likeness (QED) is 0.195. The molecule has 0 amide bonds. The molecule has 230 valence electrons. The highest BCUT2D eigenvalue weighted by molar-refractivity contribution is 6.22. The molecule has 0 unspecified atom stereocenters. The molecule has 0 aliphatic heterocycles. The molecule has 6 nitrogen and oxygen atoms in total. The van der Waals surface area contributed by atoms with Crippen LogP contribution in [0.2, 0.25) is 0 Å². The van der Waals surface area contributed by atoms with Crippen molar-refractivity contribution in [3.63, 3.8) is 0 Å². The molecule has 49 heavy (non-hydrogen) atoms. The molecule has 0 saturated heterocycles. The van der Waals surface area contributed by atoms with Crippen molar-refractivity contribution in [3.05, 3.63) is 174 Å². The van der Waals surface area contributed by atoms with Crippen LogP contribution in [-0.2, 0) is 0 Å². The summed E-state index contributed by atoms with van der Waals surface area (Å²) in [5, 5.41) is 3.44. The first-order chi connectivity index (χ1) is 24.3. The molecule has 0 atom stereocenters. The van der Waals surface area contributed by atoms with Crippen molar-refractivity contribution in [2.24, 2.45) is 0 Å². The third-order valence-electron chi connectivity index (χ3n) is 9.45. The van der Waals surface area contributed by atoms with Crippen LogP contribution in [0.3, 0.4) is 0 Å². The highest BCUT2D eigenvalue weighted by atomic mass is 16.1. The third kappa shape index (κ3) is 3.98. The maximum Gasteiger partial charge on any atom is 0.265 e. The van der Waals surface area contributed by atoms with Gasteiger partial charge >= 0.3 is 0 Å². The maximum atomic E-state index is 15.1. The molecule has 10 aromatic rings. The van der Waals surface area contributed by atoms with Gasteiger partial charge in [-0.25, -0.2) is 9.97 Å². The van der Waals surface area contributed by atoms with Crippen molar-refractivity contribution >= 4 is 54.6 Å². The zero-order chi connectivity index (χ0) is 32.5. The normalized spacial score (nSPS) is 11.8. The lowest BCUT2D eigenvalue weighted by atomic mass is 10.1. The van der Waals surface area contributed by atoms with Crippen LogP contribution >= 0.6 is 0 Å². The van der Waals surface area contributed by atoms with E-state index in [1.807, 2.05) is 120 Å². The number of aromatic nitrogens is 5. The van der Waals surface area contributed by atoms with Crippen molar-refractivity contribution < 1.29 is 0 Å². The van der Waals surface area contributed by atoms with Gasteiger partial charge in [-0.2, -0.15) is 0 Å². The topological polar surface area (TPSA) is 57.6 Å². The van der Waals surface area contributed by atoms with Gasteiger partial charge < -0.3 is 4.57 Å². The summed E-state index contributed by atoms with van der Waals surface area (Å²) in [6.07, 6.45) is 0. The summed E-state index contributed by atoms with van der Waals surface area (Å²) in [6, 6.07) is 55.0. The first-order valence-corrected chi connectivity index (χ1v) is 16.3. The van der Waals surface area contributed by atoms with Gasteiger partial charge in [-0.3, -0.25) is 13.9 Å². The first kappa shape index (κ1) is 27.3. The lowest BCUT2D eigenvalue weighted by molar-refractivity contribution is 1.00. The summed E-state index contributed by atoms with van der Waals surface area (Å²) in [6.45, 7) is 0. The summed E-state index contributed by atoms with van der Waals surface area (Å²) in [7, 11) is 0. The molecule has 4 heterocycles. The highest BCUT2D eigenvalue weighted by Gasteiger charge is 2.28. The lowest BCUT2D eigenvalue weighted by Crippen LogP contribution is -2.19. The van der Waals surface area contributed by atoms with E-state index in [-0.39, 0.29) is 5.56 Å². The van der Waals surface area contributed by atoms with Crippen LogP contribution in [0.15, 0.2) is 169 Å². The SMILES string of the molecule is O=c1c2c3ccccc3n(-c3ccccc3)c2c2c(c3ccccc3n2-c2nc(-c3ccccc3)c3ccccc3n2)n1-c1ccccc1. The van der Waals surface area contributed by atoms with Gasteiger partial charge in [0.15, 0.2) is 0 Å². The van der Waals surface area contributed by atoms with E-state index in [1.54, 1.807) is 0 Å². The van der Waals surface area contributed by atoms with E-state index >= 15 is 4.79 Å². The number of pyridine rings is 1. The molecule has 0 aliphatic carbocycles. The molecule has 0 saturated carbocycles. The minimum Gasteiger partial charge on any atom is -0.307 e. The first-order valence-electron chi connectivity index (χ1n) is 16.3. The number of nitrogens with zero attached hydrogens (tertiary/aromatic N) is 5. The van der Waals surface area contributed by atoms with Crippen molar-refractivity contribution in [2.75, 3.05) is 0 Å². The Kier molecular flexibility index (Phi) is 5.92. The zero-order valence-corrected chi connectivity index (χ0v) is 26.2. The molecule has 6 aromatic carbocycles. The Morgan fingerprint density at radius 1 is 0.408 bits per heavy atom. The fourth-order valence-electron chi connectivity index (χ4n) is 7.42. The number of rotatable bonds is 4. The molecule has 4 aromatic heterocycles. The number of benzene rings is 6. The molecule has 10 rings (SSSR count). The smallest absolute Gasteiger partial charge is 0.265 e. The van der Waals surface area contributed by atoms with Crippen LogP contribution in [0.1, 0.15) is 0 Å². The van der Waals surface area contributed by atoms with Gasteiger partial charge in [0.05, 0.1) is 44.2 Å². The van der Waals surface area contributed by atoms with Crippen LogP contribution < -0.4 is 5.56 Å². The minimum absolute atomic E-state index is 0.0770. The molecule has 0 aliphatic rings. The van der Waals surface area contributed by atoms with Gasteiger partial charge in [-0.15, -0.1) is 0 Å². The molecule has 0 radical (unpaired) electrons. The Labute approximate surface area is 280 Å². The van der Waals surface area contributed by atoms with Crippen molar-refractivity contribution in [1.29, 1.82) is 0 Å². The fraction of sp³-hybridized carbons (Fsp3) is 0. The molecular formula is C43H27N5O. The van der Waals surface area contributed by atoms with Crippen LogP contribution in [-0.4, -0.2) is 23.7 Å². The lowest BCUT2D eigenvalue weighted by Gasteiger charge is -2.15. The van der Waals surface area contributed by atoms with Crippen LogP contribution in [0.4, 0.5) is 0 Å². The average Bonchev–Trinajstić information content (AvgIpc) is 3.69. The Hall–Kier alpha value is -6.79. The number of para-hydroxylation sites is 5. The van der Waals surface area contributed by atoms with E-state index in [0.29, 0.717) is 11.3 Å². The largest absolute Gasteiger partial charge is 0.307 e. The van der Waals surface area contributed by atoms with Crippen molar-refractivity contribution in [2.45, 2.75) is 0 Å². The zero-order valence-electron chi connectivity index (χ0n) is 26.2. The second kappa shape index (κ2) is 10.6. The maximum absolute atomic E-state index is 15.1. The summed E-state index contributed by atoms with van der Waals surface area (Å²) in [5.41, 5.74) is 8.72. The summed E-state index contributed by atoms with van der Waals surface area (Å²) in [5.74, 6) is 0.535. The van der Waals surface area contributed by atoms with E-state index in [1.165, 1.54) is 0 Å². The Morgan fingerprint density at radius 3 is 1.63 bits per heavy atom. The van der Waals surface area contributed by atoms with Gasteiger partial charge in [0.2, 0.25) is 5.95 Å². The Balaban J connectivity index is 1.50. The van der Waals surface area contributed by atoms with Gasteiger partial charge in [0.25, 0.3) is 5.56 Å². The summed E-state index contributed by atoms with van der Waals surface area (Å²) < 4.78 is 6.25. The van der Waals surface area contributed by atoms with E-state index in [4.69, 9.17) is 9.97 Å². The van der Waals surface area contributed by atoms with Gasteiger partial charge in [-0.1, -0.05) is 121 Å². The van der Waals surface area contributed by atoms with Gasteiger partial charge in [0.1, 0.15) is 0 Å². The molecule has 0 fully saturated rings. The monoisotopic (exact) mass is 629 g/mol. The second-order valence-electron chi connectivity index (χ2n) is 12.2. The number of hydrogen-bond donors (Lipinski definition) is 0. The van der Waals surface area contributed by atoms with E-state index in [9.17, 15) is 0 Å². The van der Waals surface area contributed by atoms with Crippen LogP contribution in [0, 0.1) is 0 Å². The molecule has 0 spiro atoms. The predicted octanol–water partition coefficient (Wildman–Crippen LogP) is 9.64. The van der Waals surface area contributed by atoms with Crippen LogP contribution in [0.5, 0.6) is 0 Å². The van der Waals surface area contributed by atoms with Crippen molar-refractivity contribution in [1.82, 2.24) is 23.7 Å². The van der Waals surface area contributed by atoms with Crippen LogP contribution in [0.25, 0.3) is 83.2 Å². The van der Waals surface area contributed by atoms with Gasteiger partial charge in [-0.05, 0) is 42.5 Å². The van der Waals surface area contributed by atoms with E-state index in [2.05, 4.69) is 57.7 Å². The van der Waals surface area contributed by atoms with Crippen molar-refractivity contribution in [3.8, 4) is 28.6 Å². The molecule has 0 N–H and O–H groups in total.